The van der Waals surface area contributed by atoms with Crippen molar-refractivity contribution in [3.8, 4) is 0 Å². The van der Waals surface area contributed by atoms with Crippen LogP contribution in [0.5, 0.6) is 0 Å². The van der Waals surface area contributed by atoms with Crippen LogP contribution in [-0.2, 0) is 13.2 Å². The lowest BCUT2D eigenvalue weighted by molar-refractivity contribution is -0.147. The molecule has 0 spiro atoms. The molecule has 1 aliphatic rings. The number of hydrogen-bond donors (Lipinski definition) is 0. The van der Waals surface area contributed by atoms with Crippen LogP contribution in [0.4, 0.5) is 17.6 Å². The smallest absolute Gasteiger partial charge is 0.338 e. The Labute approximate surface area is 155 Å². The fourth-order valence-electron chi connectivity index (χ4n) is 3.09. The van der Waals surface area contributed by atoms with E-state index in [4.69, 9.17) is 11.6 Å². The Bertz CT molecular complexity index is 929. The summed E-state index contributed by atoms with van der Waals surface area (Å²) >= 11 is 5.90. The molecule has 6 nitrogen and oxygen atoms in total. The van der Waals surface area contributed by atoms with Gasteiger partial charge >= 0.3 is 11.9 Å². The fraction of sp³-hybridized carbons (Fsp3) is 0.438. The minimum absolute atomic E-state index is 0.0158. The zero-order valence-electron chi connectivity index (χ0n) is 14.1. The van der Waals surface area contributed by atoms with Crippen molar-refractivity contribution >= 4 is 17.5 Å². The summed E-state index contributed by atoms with van der Waals surface area (Å²) < 4.78 is 53.1. The first-order valence-corrected chi connectivity index (χ1v) is 8.44. The molecule has 0 bridgehead atoms. The first-order chi connectivity index (χ1) is 12.6. The molecule has 1 amide bonds. The topological polar surface area (TPSA) is 60.1 Å². The number of halogens is 5. The first kappa shape index (κ1) is 19.4. The van der Waals surface area contributed by atoms with Crippen LogP contribution in [0.3, 0.4) is 0 Å². The molecule has 1 aromatic heterocycles. The molecule has 0 unspecified atom stereocenters. The number of amides is 1. The Hall–Kier alpha value is -2.36. The molecule has 1 aromatic carbocycles. The zero-order chi connectivity index (χ0) is 19.9. The maximum atomic E-state index is 13.1. The van der Waals surface area contributed by atoms with Crippen molar-refractivity contribution in [2.45, 2.75) is 25.1 Å². The Kier molecular flexibility index (Phi) is 5.02. The fourth-order valence-corrected chi connectivity index (χ4v) is 3.34. The van der Waals surface area contributed by atoms with Crippen molar-refractivity contribution in [3.05, 3.63) is 50.9 Å². The molecule has 0 aliphatic carbocycles. The number of piperidine rings is 1. The third-order valence-electron chi connectivity index (χ3n) is 4.52. The van der Waals surface area contributed by atoms with E-state index < -0.39 is 35.5 Å². The van der Waals surface area contributed by atoms with Crippen LogP contribution >= 0.6 is 11.6 Å². The van der Waals surface area contributed by atoms with Crippen molar-refractivity contribution in [2.75, 3.05) is 13.1 Å². The third-order valence-corrected chi connectivity index (χ3v) is 4.83. The Morgan fingerprint density at radius 3 is 2.41 bits per heavy atom. The van der Waals surface area contributed by atoms with E-state index in [1.54, 1.807) is 0 Å². The summed E-state index contributed by atoms with van der Waals surface area (Å²) in [6.45, 7) is 0.420. The van der Waals surface area contributed by atoms with Crippen molar-refractivity contribution in [3.63, 3.8) is 0 Å². The van der Waals surface area contributed by atoms with E-state index in [9.17, 15) is 27.2 Å². The predicted molar refractivity (Wildman–Crippen MR) is 88.1 cm³/mol. The van der Waals surface area contributed by atoms with Gasteiger partial charge in [-0.15, -0.1) is 5.10 Å². The van der Waals surface area contributed by atoms with Gasteiger partial charge in [0.05, 0.1) is 16.6 Å². The Morgan fingerprint density at radius 2 is 1.89 bits per heavy atom. The van der Waals surface area contributed by atoms with Gasteiger partial charge in [0, 0.05) is 20.1 Å². The molecule has 1 fully saturated rings. The van der Waals surface area contributed by atoms with E-state index in [-0.39, 0.29) is 36.5 Å². The molecule has 0 atom stereocenters. The van der Waals surface area contributed by atoms with Crippen molar-refractivity contribution in [1.82, 2.24) is 19.2 Å². The molecule has 1 aliphatic heterocycles. The van der Waals surface area contributed by atoms with E-state index in [1.807, 2.05) is 0 Å². The SMILES string of the molecule is Cn1c(C(F)(F)F)nn(C2CCN(C(=O)c3ccc(F)cc3Cl)CC2)c1=O. The summed E-state index contributed by atoms with van der Waals surface area (Å²) in [4.78, 5) is 26.1. The van der Waals surface area contributed by atoms with Gasteiger partial charge < -0.3 is 4.90 Å². The molecule has 27 heavy (non-hydrogen) atoms. The van der Waals surface area contributed by atoms with E-state index >= 15 is 0 Å². The molecule has 146 valence electrons. The number of hydrogen-bond acceptors (Lipinski definition) is 3. The van der Waals surface area contributed by atoms with Crippen LogP contribution in [0.2, 0.25) is 5.02 Å². The number of carbonyl (C=O) groups excluding carboxylic acids is 1. The largest absolute Gasteiger partial charge is 0.451 e. The summed E-state index contributed by atoms with van der Waals surface area (Å²) in [5.74, 6) is -2.22. The summed E-state index contributed by atoms with van der Waals surface area (Å²) in [7, 11) is 1.02. The normalized spacial score (nSPS) is 16.0. The second kappa shape index (κ2) is 6.99. The molecular weight excluding hydrogens is 392 g/mol. The van der Waals surface area contributed by atoms with Gasteiger partial charge in [0.1, 0.15) is 5.82 Å². The van der Waals surface area contributed by atoms with Crippen LogP contribution in [-0.4, -0.2) is 38.2 Å². The van der Waals surface area contributed by atoms with Gasteiger partial charge in [0.25, 0.3) is 5.91 Å². The van der Waals surface area contributed by atoms with E-state index in [0.717, 1.165) is 23.9 Å². The number of nitrogens with zero attached hydrogens (tertiary/aromatic N) is 4. The average Bonchev–Trinajstić information content (AvgIpc) is 2.90. The molecule has 0 radical (unpaired) electrons. The number of benzene rings is 1. The highest BCUT2D eigenvalue weighted by Gasteiger charge is 2.39. The molecule has 0 saturated carbocycles. The lowest BCUT2D eigenvalue weighted by atomic mass is 10.0. The molecule has 2 heterocycles. The zero-order valence-corrected chi connectivity index (χ0v) is 14.9. The van der Waals surface area contributed by atoms with E-state index in [1.165, 1.54) is 11.0 Å². The highest BCUT2D eigenvalue weighted by atomic mass is 35.5. The summed E-state index contributed by atoms with van der Waals surface area (Å²) in [6.07, 6.45) is -4.20. The van der Waals surface area contributed by atoms with Crippen LogP contribution in [0.25, 0.3) is 0 Å². The van der Waals surface area contributed by atoms with Gasteiger partial charge in [0.15, 0.2) is 0 Å². The molecular formula is C16H15ClF4N4O2. The summed E-state index contributed by atoms with van der Waals surface area (Å²) in [5.41, 5.74) is -0.709. The number of rotatable bonds is 2. The monoisotopic (exact) mass is 406 g/mol. The molecule has 2 aromatic rings. The Morgan fingerprint density at radius 1 is 1.26 bits per heavy atom. The average molecular weight is 407 g/mol. The van der Waals surface area contributed by atoms with E-state index in [0.29, 0.717) is 4.57 Å². The molecule has 1 saturated heterocycles. The second-order valence-electron chi connectivity index (χ2n) is 6.26. The van der Waals surface area contributed by atoms with Gasteiger partial charge in [-0.25, -0.2) is 13.9 Å². The van der Waals surface area contributed by atoms with Gasteiger partial charge in [-0.05, 0) is 31.0 Å². The van der Waals surface area contributed by atoms with Gasteiger partial charge in [-0.1, -0.05) is 11.6 Å². The van der Waals surface area contributed by atoms with E-state index in [2.05, 4.69) is 5.10 Å². The number of alkyl halides is 3. The van der Waals surface area contributed by atoms with Gasteiger partial charge in [-0.3, -0.25) is 9.36 Å². The van der Waals surface area contributed by atoms with Crippen molar-refractivity contribution in [2.24, 2.45) is 7.05 Å². The van der Waals surface area contributed by atoms with Crippen LogP contribution in [0, 0.1) is 5.82 Å². The van der Waals surface area contributed by atoms with Crippen LogP contribution in [0.15, 0.2) is 23.0 Å². The second-order valence-corrected chi connectivity index (χ2v) is 6.66. The van der Waals surface area contributed by atoms with Crippen LogP contribution in [0.1, 0.15) is 35.1 Å². The predicted octanol–water partition coefficient (Wildman–Crippen LogP) is 2.87. The van der Waals surface area contributed by atoms with Gasteiger partial charge in [-0.2, -0.15) is 13.2 Å². The minimum atomic E-state index is -4.73. The molecule has 3 rings (SSSR count). The van der Waals surface area contributed by atoms with Gasteiger partial charge in [0.2, 0.25) is 5.82 Å². The quantitative estimate of drug-likeness (QED) is 0.721. The highest BCUT2D eigenvalue weighted by molar-refractivity contribution is 6.33. The first-order valence-electron chi connectivity index (χ1n) is 8.06. The van der Waals surface area contributed by atoms with Crippen LogP contribution < -0.4 is 5.69 Å². The third kappa shape index (κ3) is 3.71. The lowest BCUT2D eigenvalue weighted by Crippen LogP contribution is -2.41. The summed E-state index contributed by atoms with van der Waals surface area (Å²) in [5, 5.41) is 3.42. The van der Waals surface area contributed by atoms with Crippen molar-refractivity contribution < 1.29 is 22.4 Å². The number of likely N-dealkylation sites (tertiary alicyclic amines) is 1. The number of carbonyl (C=O) groups is 1. The number of aromatic nitrogens is 3. The summed E-state index contributed by atoms with van der Waals surface area (Å²) in [6, 6.07) is 2.89. The maximum Gasteiger partial charge on any atom is 0.451 e. The minimum Gasteiger partial charge on any atom is -0.338 e. The lowest BCUT2D eigenvalue weighted by Gasteiger charge is -2.31. The van der Waals surface area contributed by atoms with Crippen molar-refractivity contribution in [1.29, 1.82) is 0 Å². The Balaban J connectivity index is 1.74. The highest BCUT2D eigenvalue weighted by Crippen LogP contribution is 2.28. The molecule has 0 N–H and O–H groups in total. The molecule has 11 heteroatoms. The standard InChI is InChI=1S/C16H15ClF4N4O2/c1-23-14(16(19,20)21)22-25(15(23)27)10-4-6-24(7-5-10)13(26)11-3-2-9(18)8-12(11)17/h2-3,8,10H,4-7H2,1H3. The maximum absolute atomic E-state index is 13.1.